The summed E-state index contributed by atoms with van der Waals surface area (Å²) in [6.07, 6.45) is 4.05. The normalized spacial score (nSPS) is 15.6. The van der Waals surface area contributed by atoms with Crippen molar-refractivity contribution in [3.8, 4) is 11.1 Å². The van der Waals surface area contributed by atoms with Gasteiger partial charge in [0.25, 0.3) is 0 Å². The van der Waals surface area contributed by atoms with Crippen LogP contribution in [0.1, 0.15) is 19.4 Å². The lowest BCUT2D eigenvalue weighted by atomic mass is 9.96. The van der Waals surface area contributed by atoms with Crippen molar-refractivity contribution in [3.05, 3.63) is 71.9 Å². The Morgan fingerprint density at radius 3 is 2.69 bits per heavy atom. The Balaban J connectivity index is 1.65. The van der Waals surface area contributed by atoms with Crippen molar-refractivity contribution in [2.75, 3.05) is 11.9 Å². The molecule has 0 fully saturated rings. The standard InChI is InChI=1S/C22H22FN3/c1-14-4-7-18(23)10-19(14)16-6-5-15-9-20(24-12-17(15)8-16)26-21-11-22(2,3)13-25-21/h4-12,25H,13H2,1-3H3,(H,24,26). The Labute approximate surface area is 153 Å². The minimum absolute atomic E-state index is 0.150. The quantitative estimate of drug-likeness (QED) is 0.681. The van der Waals surface area contributed by atoms with Crippen molar-refractivity contribution in [2.45, 2.75) is 20.8 Å². The van der Waals surface area contributed by atoms with E-state index in [1.54, 1.807) is 6.07 Å². The van der Waals surface area contributed by atoms with Crippen molar-refractivity contribution in [1.29, 1.82) is 0 Å². The van der Waals surface area contributed by atoms with Crippen LogP contribution in [0.3, 0.4) is 0 Å². The topological polar surface area (TPSA) is 37.0 Å². The van der Waals surface area contributed by atoms with Gasteiger partial charge in [0, 0.05) is 23.5 Å². The number of nitrogens with zero attached hydrogens (tertiary/aromatic N) is 1. The van der Waals surface area contributed by atoms with Crippen molar-refractivity contribution in [1.82, 2.24) is 10.3 Å². The molecule has 1 aliphatic heterocycles. The highest BCUT2D eigenvalue weighted by atomic mass is 19.1. The zero-order valence-electron chi connectivity index (χ0n) is 15.2. The summed E-state index contributed by atoms with van der Waals surface area (Å²) in [7, 11) is 0. The van der Waals surface area contributed by atoms with E-state index in [0.717, 1.165) is 45.6 Å². The highest BCUT2D eigenvalue weighted by Crippen LogP contribution is 2.29. The molecule has 4 heteroatoms. The van der Waals surface area contributed by atoms with Crippen LogP contribution in [0.5, 0.6) is 0 Å². The van der Waals surface area contributed by atoms with Gasteiger partial charge < -0.3 is 10.6 Å². The van der Waals surface area contributed by atoms with Crippen LogP contribution in [-0.4, -0.2) is 11.5 Å². The van der Waals surface area contributed by atoms with Crippen LogP contribution in [0.4, 0.5) is 10.2 Å². The van der Waals surface area contributed by atoms with Gasteiger partial charge in [-0.15, -0.1) is 0 Å². The maximum Gasteiger partial charge on any atom is 0.131 e. The second-order valence-corrected chi connectivity index (χ2v) is 7.62. The first-order chi connectivity index (χ1) is 12.4. The molecule has 0 radical (unpaired) electrons. The number of rotatable bonds is 3. The molecule has 2 aromatic carbocycles. The number of hydrogen-bond donors (Lipinski definition) is 2. The first-order valence-electron chi connectivity index (χ1n) is 8.80. The van der Waals surface area contributed by atoms with Gasteiger partial charge in [0.2, 0.25) is 0 Å². The van der Waals surface area contributed by atoms with Crippen molar-refractivity contribution in [2.24, 2.45) is 5.41 Å². The zero-order chi connectivity index (χ0) is 18.3. The van der Waals surface area contributed by atoms with Crippen molar-refractivity contribution in [3.63, 3.8) is 0 Å². The van der Waals surface area contributed by atoms with Crippen LogP contribution in [0, 0.1) is 18.2 Å². The average Bonchev–Trinajstić information content (AvgIpc) is 2.95. The van der Waals surface area contributed by atoms with Crippen LogP contribution in [0.25, 0.3) is 21.9 Å². The monoisotopic (exact) mass is 347 g/mol. The number of halogens is 1. The van der Waals surface area contributed by atoms with Gasteiger partial charge in [0.15, 0.2) is 0 Å². The summed E-state index contributed by atoms with van der Waals surface area (Å²) < 4.78 is 13.6. The molecule has 0 spiro atoms. The number of benzene rings is 2. The number of fused-ring (bicyclic) bond motifs is 1. The van der Waals surface area contributed by atoms with E-state index in [4.69, 9.17) is 0 Å². The third-order valence-corrected chi connectivity index (χ3v) is 4.76. The number of anilines is 1. The van der Waals surface area contributed by atoms with Gasteiger partial charge >= 0.3 is 0 Å². The molecule has 0 saturated carbocycles. The molecule has 3 aromatic rings. The van der Waals surface area contributed by atoms with Crippen molar-refractivity contribution < 1.29 is 4.39 Å². The van der Waals surface area contributed by atoms with Crippen LogP contribution in [0.2, 0.25) is 0 Å². The Morgan fingerprint density at radius 2 is 1.92 bits per heavy atom. The molecule has 1 aromatic heterocycles. The molecule has 132 valence electrons. The molecular formula is C22H22FN3. The first kappa shape index (κ1) is 16.6. The van der Waals surface area contributed by atoms with E-state index in [-0.39, 0.29) is 11.2 Å². The van der Waals surface area contributed by atoms with E-state index in [0.29, 0.717) is 0 Å². The predicted molar refractivity (Wildman–Crippen MR) is 105 cm³/mol. The Morgan fingerprint density at radius 1 is 1.08 bits per heavy atom. The molecule has 0 atom stereocenters. The number of aryl methyl sites for hydroxylation is 1. The molecular weight excluding hydrogens is 325 g/mol. The van der Waals surface area contributed by atoms with Crippen LogP contribution < -0.4 is 10.6 Å². The van der Waals surface area contributed by atoms with Crippen LogP contribution in [0.15, 0.2) is 60.6 Å². The highest BCUT2D eigenvalue weighted by Gasteiger charge is 2.22. The van der Waals surface area contributed by atoms with Crippen LogP contribution in [-0.2, 0) is 0 Å². The maximum atomic E-state index is 13.6. The zero-order valence-corrected chi connectivity index (χ0v) is 15.2. The van der Waals surface area contributed by atoms with Gasteiger partial charge in [0.1, 0.15) is 17.5 Å². The first-order valence-corrected chi connectivity index (χ1v) is 8.80. The second kappa shape index (κ2) is 6.13. The minimum atomic E-state index is -0.219. The van der Waals surface area contributed by atoms with E-state index in [9.17, 15) is 4.39 Å². The summed E-state index contributed by atoms with van der Waals surface area (Å²) in [5.74, 6) is 1.58. The summed E-state index contributed by atoms with van der Waals surface area (Å²) in [5, 5.41) is 8.83. The number of nitrogens with one attached hydrogen (secondary N) is 2. The van der Waals surface area contributed by atoms with Gasteiger partial charge in [-0.1, -0.05) is 32.0 Å². The molecule has 2 heterocycles. The van der Waals surface area contributed by atoms with E-state index in [1.165, 1.54) is 6.07 Å². The average molecular weight is 347 g/mol. The largest absolute Gasteiger partial charge is 0.371 e. The van der Waals surface area contributed by atoms with E-state index >= 15 is 0 Å². The number of pyridine rings is 1. The number of hydrogen-bond acceptors (Lipinski definition) is 3. The lowest BCUT2D eigenvalue weighted by molar-refractivity contribution is 0.496. The Bertz CT molecular complexity index is 1020. The van der Waals surface area contributed by atoms with Gasteiger partial charge in [0.05, 0.1) is 0 Å². The lowest BCUT2D eigenvalue weighted by Gasteiger charge is -2.11. The SMILES string of the molecule is Cc1ccc(F)cc1-c1ccc2cc(NC3=CC(C)(C)CN3)ncc2c1. The summed E-state index contributed by atoms with van der Waals surface area (Å²) in [6, 6.07) is 13.1. The van der Waals surface area contributed by atoms with Crippen LogP contribution >= 0.6 is 0 Å². The molecule has 4 rings (SSSR count). The van der Waals surface area contributed by atoms with Crippen molar-refractivity contribution >= 4 is 16.6 Å². The smallest absolute Gasteiger partial charge is 0.131 e. The third kappa shape index (κ3) is 3.27. The summed E-state index contributed by atoms with van der Waals surface area (Å²) in [4.78, 5) is 4.53. The summed E-state index contributed by atoms with van der Waals surface area (Å²) >= 11 is 0. The third-order valence-electron chi connectivity index (χ3n) is 4.76. The van der Waals surface area contributed by atoms with E-state index in [2.05, 4.69) is 47.7 Å². The fourth-order valence-corrected chi connectivity index (χ4v) is 3.32. The Hall–Kier alpha value is -2.88. The number of aromatic nitrogens is 1. The minimum Gasteiger partial charge on any atom is -0.371 e. The summed E-state index contributed by atoms with van der Waals surface area (Å²) in [6.45, 7) is 7.30. The Kier molecular flexibility index (Phi) is 3.91. The summed E-state index contributed by atoms with van der Waals surface area (Å²) in [5.41, 5.74) is 3.12. The van der Waals surface area contributed by atoms with E-state index < -0.39 is 0 Å². The molecule has 0 unspecified atom stereocenters. The predicted octanol–water partition coefficient (Wildman–Crippen LogP) is 5.23. The molecule has 0 amide bonds. The molecule has 0 bridgehead atoms. The fourth-order valence-electron chi connectivity index (χ4n) is 3.32. The van der Waals surface area contributed by atoms with E-state index in [1.807, 2.05) is 31.3 Å². The molecule has 1 aliphatic rings. The second-order valence-electron chi connectivity index (χ2n) is 7.62. The fraction of sp³-hybridized carbons (Fsp3) is 0.227. The van der Waals surface area contributed by atoms with Gasteiger partial charge in [-0.2, -0.15) is 0 Å². The molecule has 0 aliphatic carbocycles. The highest BCUT2D eigenvalue weighted by molar-refractivity contribution is 5.88. The maximum absolute atomic E-state index is 13.6. The van der Waals surface area contributed by atoms with Gasteiger partial charge in [-0.25, -0.2) is 9.37 Å². The molecule has 26 heavy (non-hydrogen) atoms. The lowest BCUT2D eigenvalue weighted by Crippen LogP contribution is -2.20. The van der Waals surface area contributed by atoms with Gasteiger partial charge in [-0.3, -0.25) is 0 Å². The molecule has 3 nitrogen and oxygen atoms in total. The van der Waals surface area contributed by atoms with Gasteiger partial charge in [-0.05, 0) is 59.3 Å². The molecule has 2 N–H and O–H groups in total. The molecule has 0 saturated heterocycles.